The number of hydrogen-bond donors (Lipinski definition) is 1. The summed E-state index contributed by atoms with van der Waals surface area (Å²) in [5.41, 5.74) is 0.911. The van der Waals surface area contributed by atoms with Crippen LogP contribution in [-0.4, -0.2) is 29.6 Å². The van der Waals surface area contributed by atoms with E-state index in [9.17, 15) is 5.11 Å². The van der Waals surface area contributed by atoms with E-state index in [2.05, 4.69) is 18.7 Å². The summed E-state index contributed by atoms with van der Waals surface area (Å²) in [4.78, 5) is 2.39. The zero-order valence-electron chi connectivity index (χ0n) is 11.4. The van der Waals surface area contributed by atoms with E-state index < -0.39 is 6.10 Å². The molecule has 0 fully saturated rings. The Hall–Kier alpha value is -0.570. The first-order valence-corrected chi connectivity index (χ1v) is 7.21. The molecule has 1 aromatic carbocycles. The fourth-order valence-electron chi connectivity index (χ4n) is 2.00. The largest absolute Gasteiger partial charge is 0.388 e. The van der Waals surface area contributed by atoms with Crippen molar-refractivity contribution in [3.05, 3.63) is 34.9 Å². The topological polar surface area (TPSA) is 23.5 Å². The number of rotatable bonds is 8. The second kappa shape index (κ2) is 8.52. The minimum Gasteiger partial charge on any atom is -0.388 e. The lowest BCUT2D eigenvalue weighted by molar-refractivity contribution is 0.143. The van der Waals surface area contributed by atoms with Crippen molar-refractivity contribution in [2.45, 2.75) is 39.2 Å². The Morgan fingerprint density at radius 3 is 2.67 bits per heavy atom. The highest BCUT2D eigenvalue weighted by Gasteiger charge is 2.10. The fourth-order valence-corrected chi connectivity index (χ4v) is 2.19. The van der Waals surface area contributed by atoms with Crippen molar-refractivity contribution in [1.82, 2.24) is 4.90 Å². The highest BCUT2D eigenvalue weighted by atomic mass is 35.5. The van der Waals surface area contributed by atoms with E-state index in [1.807, 2.05) is 24.3 Å². The lowest BCUT2D eigenvalue weighted by Gasteiger charge is -2.21. The van der Waals surface area contributed by atoms with Crippen molar-refractivity contribution >= 4 is 11.6 Å². The molecule has 18 heavy (non-hydrogen) atoms. The normalized spacial score (nSPS) is 12.9. The van der Waals surface area contributed by atoms with Crippen LogP contribution in [0.2, 0.25) is 5.02 Å². The molecule has 0 saturated carbocycles. The maximum absolute atomic E-state index is 10.1. The molecule has 1 N–H and O–H groups in total. The Morgan fingerprint density at radius 2 is 2.06 bits per heavy atom. The van der Waals surface area contributed by atoms with Crippen LogP contribution in [0.5, 0.6) is 0 Å². The van der Waals surface area contributed by atoms with Gasteiger partial charge in [-0.15, -0.1) is 0 Å². The first kappa shape index (κ1) is 15.5. The van der Waals surface area contributed by atoms with Gasteiger partial charge in [0.1, 0.15) is 0 Å². The first-order valence-electron chi connectivity index (χ1n) is 6.83. The van der Waals surface area contributed by atoms with Crippen LogP contribution in [0.3, 0.4) is 0 Å². The Labute approximate surface area is 116 Å². The van der Waals surface area contributed by atoms with Gasteiger partial charge >= 0.3 is 0 Å². The summed E-state index contributed by atoms with van der Waals surface area (Å²) < 4.78 is 0. The van der Waals surface area contributed by atoms with Crippen molar-refractivity contribution in [2.75, 3.05) is 19.6 Å². The summed E-state index contributed by atoms with van der Waals surface area (Å²) in [6.45, 7) is 7.47. The molecule has 3 heteroatoms. The quantitative estimate of drug-likeness (QED) is 0.774. The minimum atomic E-state index is -0.417. The molecule has 0 aromatic heterocycles. The van der Waals surface area contributed by atoms with Crippen LogP contribution < -0.4 is 0 Å². The zero-order valence-corrected chi connectivity index (χ0v) is 12.2. The Morgan fingerprint density at radius 1 is 1.28 bits per heavy atom. The molecule has 0 heterocycles. The molecule has 0 aliphatic rings. The average Bonchev–Trinajstić information content (AvgIpc) is 2.38. The van der Waals surface area contributed by atoms with Crippen molar-refractivity contribution in [2.24, 2.45) is 0 Å². The predicted molar refractivity (Wildman–Crippen MR) is 78.1 cm³/mol. The predicted octanol–water partition coefficient (Wildman–Crippen LogP) is 3.89. The second-order valence-electron chi connectivity index (χ2n) is 4.65. The van der Waals surface area contributed by atoms with E-state index in [0.29, 0.717) is 5.02 Å². The Kier molecular flexibility index (Phi) is 7.33. The van der Waals surface area contributed by atoms with E-state index in [1.165, 1.54) is 12.8 Å². The van der Waals surface area contributed by atoms with Gasteiger partial charge in [0.05, 0.1) is 6.10 Å². The molecule has 1 aromatic rings. The van der Waals surface area contributed by atoms with Crippen molar-refractivity contribution < 1.29 is 5.11 Å². The third kappa shape index (κ3) is 5.38. The van der Waals surface area contributed by atoms with Gasteiger partial charge in [-0.05, 0) is 43.6 Å². The highest BCUT2D eigenvalue weighted by Crippen LogP contribution is 2.20. The molecule has 2 nitrogen and oxygen atoms in total. The molecule has 0 radical (unpaired) electrons. The first-order chi connectivity index (χ1) is 8.67. The van der Waals surface area contributed by atoms with E-state index in [-0.39, 0.29) is 0 Å². The molecule has 1 rings (SSSR count). The van der Waals surface area contributed by atoms with Crippen LogP contribution in [0.15, 0.2) is 24.3 Å². The lowest BCUT2D eigenvalue weighted by atomic mass is 10.1. The molecule has 1 atom stereocenters. The summed E-state index contributed by atoms with van der Waals surface area (Å²) in [7, 11) is 0. The number of benzene rings is 1. The van der Waals surface area contributed by atoms with Crippen LogP contribution >= 0.6 is 11.6 Å². The molecule has 0 bridgehead atoms. The highest BCUT2D eigenvalue weighted by molar-refractivity contribution is 6.30. The molecular formula is C15H24ClNO. The summed E-state index contributed by atoms with van der Waals surface area (Å²) >= 11 is 5.93. The van der Waals surface area contributed by atoms with Crippen LogP contribution in [0, 0.1) is 0 Å². The fraction of sp³-hybridized carbons (Fsp3) is 0.600. The number of halogens is 1. The maximum atomic E-state index is 10.1. The van der Waals surface area contributed by atoms with E-state index in [1.54, 1.807) is 0 Å². The third-order valence-electron chi connectivity index (χ3n) is 3.23. The Bertz CT molecular complexity index is 343. The van der Waals surface area contributed by atoms with Gasteiger partial charge < -0.3 is 10.0 Å². The molecule has 0 saturated heterocycles. The molecule has 102 valence electrons. The molecule has 1 unspecified atom stereocenters. The van der Waals surface area contributed by atoms with E-state index in [4.69, 9.17) is 11.6 Å². The van der Waals surface area contributed by atoms with Crippen LogP contribution in [0.4, 0.5) is 0 Å². The van der Waals surface area contributed by atoms with Gasteiger partial charge in [0.25, 0.3) is 0 Å². The van der Waals surface area contributed by atoms with E-state index in [0.717, 1.165) is 31.6 Å². The number of hydrogen-bond acceptors (Lipinski definition) is 2. The standard InChI is InChI=1S/C15H24ClNO/c1-3-5-10-17(4-2)11-9-15(18)13-7-6-8-14(16)12-13/h6-8,12,15,18H,3-5,9-11H2,1-2H3. The lowest BCUT2D eigenvalue weighted by Crippen LogP contribution is -2.26. The van der Waals surface area contributed by atoms with Crippen LogP contribution in [-0.2, 0) is 0 Å². The van der Waals surface area contributed by atoms with Crippen LogP contribution in [0.1, 0.15) is 44.8 Å². The number of aliphatic hydroxyl groups excluding tert-OH is 1. The van der Waals surface area contributed by atoms with Crippen molar-refractivity contribution in [3.63, 3.8) is 0 Å². The van der Waals surface area contributed by atoms with Gasteiger partial charge in [-0.25, -0.2) is 0 Å². The van der Waals surface area contributed by atoms with Crippen molar-refractivity contribution in [1.29, 1.82) is 0 Å². The Balaban J connectivity index is 2.42. The SMILES string of the molecule is CCCCN(CC)CCC(O)c1cccc(Cl)c1. The van der Waals surface area contributed by atoms with Gasteiger partial charge in [0.15, 0.2) is 0 Å². The number of nitrogens with zero attached hydrogens (tertiary/aromatic N) is 1. The summed E-state index contributed by atoms with van der Waals surface area (Å²) in [5.74, 6) is 0. The van der Waals surface area contributed by atoms with Gasteiger partial charge in [-0.1, -0.05) is 44.0 Å². The maximum Gasteiger partial charge on any atom is 0.0802 e. The molecule has 0 amide bonds. The third-order valence-corrected chi connectivity index (χ3v) is 3.46. The summed E-state index contributed by atoms with van der Waals surface area (Å²) in [5, 5.41) is 10.8. The number of aliphatic hydroxyl groups is 1. The molecule has 0 aliphatic heterocycles. The molecule has 0 aliphatic carbocycles. The molecule has 0 spiro atoms. The second-order valence-corrected chi connectivity index (χ2v) is 5.08. The zero-order chi connectivity index (χ0) is 13.4. The smallest absolute Gasteiger partial charge is 0.0802 e. The van der Waals surface area contributed by atoms with Gasteiger partial charge in [0.2, 0.25) is 0 Å². The number of unbranched alkanes of at least 4 members (excludes halogenated alkanes) is 1. The molecular weight excluding hydrogens is 246 g/mol. The summed E-state index contributed by atoms with van der Waals surface area (Å²) in [6, 6.07) is 7.49. The average molecular weight is 270 g/mol. The van der Waals surface area contributed by atoms with Crippen LogP contribution in [0.25, 0.3) is 0 Å². The van der Waals surface area contributed by atoms with Gasteiger partial charge in [-0.2, -0.15) is 0 Å². The monoisotopic (exact) mass is 269 g/mol. The summed E-state index contributed by atoms with van der Waals surface area (Å²) in [6.07, 6.45) is 2.78. The van der Waals surface area contributed by atoms with Crippen molar-refractivity contribution in [3.8, 4) is 0 Å². The van der Waals surface area contributed by atoms with Gasteiger partial charge in [-0.3, -0.25) is 0 Å². The minimum absolute atomic E-state index is 0.417. The van der Waals surface area contributed by atoms with E-state index >= 15 is 0 Å². The van der Waals surface area contributed by atoms with Gasteiger partial charge in [0, 0.05) is 11.6 Å².